The second-order valence-corrected chi connectivity index (χ2v) is 8.22. The Morgan fingerprint density at radius 1 is 0.806 bits per heavy atom. The summed E-state index contributed by atoms with van der Waals surface area (Å²) in [6, 6.07) is 18.6. The molecule has 158 valence electrons. The molecule has 5 rings (SSSR count). The first-order chi connectivity index (χ1) is 15.0. The molecule has 0 aliphatic carbocycles. The van der Waals surface area contributed by atoms with Gasteiger partial charge in [0.25, 0.3) is 0 Å². The molecule has 7 nitrogen and oxygen atoms in total. The fourth-order valence-corrected chi connectivity index (χ4v) is 4.52. The van der Waals surface area contributed by atoms with E-state index in [-0.39, 0.29) is 5.97 Å². The van der Waals surface area contributed by atoms with Crippen LogP contribution in [-0.2, 0) is 20.0 Å². The van der Waals surface area contributed by atoms with Crippen LogP contribution >= 0.6 is 32.3 Å². The van der Waals surface area contributed by atoms with E-state index in [9.17, 15) is 4.79 Å². The van der Waals surface area contributed by atoms with Gasteiger partial charge >= 0.3 is 5.97 Å². The predicted molar refractivity (Wildman–Crippen MR) is 122 cm³/mol. The molecular formula is C22H16Br2N2O5. The highest BCUT2D eigenvalue weighted by atomic mass is 79.9. The van der Waals surface area contributed by atoms with Crippen LogP contribution in [0.1, 0.15) is 27.0 Å². The summed E-state index contributed by atoms with van der Waals surface area (Å²) in [5.74, 6) is 0.721. The van der Waals surface area contributed by atoms with E-state index >= 15 is 0 Å². The number of rotatable bonds is 4. The molecule has 9 heteroatoms. The Morgan fingerprint density at radius 3 is 1.90 bits per heavy atom. The lowest BCUT2D eigenvalue weighted by Gasteiger charge is -2.37. The zero-order chi connectivity index (χ0) is 21.8. The van der Waals surface area contributed by atoms with Crippen molar-refractivity contribution in [1.29, 1.82) is 0 Å². The van der Waals surface area contributed by atoms with Crippen molar-refractivity contribution in [1.82, 2.24) is 0 Å². The first-order valence-corrected chi connectivity index (χ1v) is 10.7. The Hall–Kier alpha value is -2.59. The van der Waals surface area contributed by atoms with Crippen molar-refractivity contribution in [2.45, 2.75) is 5.60 Å². The number of hydrogen-bond acceptors (Lipinski definition) is 7. The van der Waals surface area contributed by atoms with E-state index in [0.29, 0.717) is 28.4 Å². The highest BCUT2D eigenvalue weighted by molar-refractivity contribution is 9.10. The Morgan fingerprint density at radius 2 is 1.35 bits per heavy atom. The third kappa shape index (κ3) is 2.95. The van der Waals surface area contributed by atoms with E-state index in [2.05, 4.69) is 32.3 Å². The standard InChI is InChI=1S/C22H16Br2N2O5/c1-28-25(23)13-7-9-17-19(11-13)30-20-12-14(26(24)29-2)8-10-18(20)22(17)16-6-4-3-5-15(16)21(27)31-22/h3-12H,1-2H3. The van der Waals surface area contributed by atoms with Crippen molar-refractivity contribution in [3.8, 4) is 11.5 Å². The lowest BCUT2D eigenvalue weighted by molar-refractivity contribution is 0.0224. The Bertz CT molecular complexity index is 1140. The molecule has 2 heterocycles. The summed E-state index contributed by atoms with van der Waals surface area (Å²) in [5.41, 5.74) is 3.08. The highest BCUT2D eigenvalue weighted by Gasteiger charge is 2.53. The maximum absolute atomic E-state index is 12.9. The summed E-state index contributed by atoms with van der Waals surface area (Å²) in [6.45, 7) is 0. The van der Waals surface area contributed by atoms with E-state index in [0.717, 1.165) is 16.7 Å². The number of esters is 1. The van der Waals surface area contributed by atoms with Crippen molar-refractivity contribution in [3.05, 3.63) is 82.9 Å². The van der Waals surface area contributed by atoms with Crippen molar-refractivity contribution < 1.29 is 23.9 Å². The number of carbonyl (C=O) groups excluding carboxylic acids is 1. The minimum atomic E-state index is -1.12. The number of hydrogen-bond donors (Lipinski definition) is 0. The van der Waals surface area contributed by atoms with Crippen LogP contribution in [0.4, 0.5) is 11.4 Å². The van der Waals surface area contributed by atoms with Gasteiger partial charge in [0.2, 0.25) is 0 Å². The molecule has 2 aliphatic heterocycles. The fourth-order valence-electron chi connectivity index (χ4n) is 4.08. The number of anilines is 2. The topological polar surface area (TPSA) is 60.5 Å². The zero-order valence-corrected chi connectivity index (χ0v) is 19.6. The molecule has 0 N–H and O–H groups in total. The van der Waals surface area contributed by atoms with Crippen LogP contribution in [0, 0.1) is 0 Å². The largest absolute Gasteiger partial charge is 0.456 e. The molecule has 0 unspecified atom stereocenters. The molecule has 3 aromatic carbocycles. The smallest absolute Gasteiger partial charge is 0.340 e. The van der Waals surface area contributed by atoms with Crippen LogP contribution in [0.25, 0.3) is 0 Å². The van der Waals surface area contributed by atoms with Crippen LogP contribution < -0.4 is 12.9 Å². The molecule has 0 amide bonds. The summed E-state index contributed by atoms with van der Waals surface area (Å²) in [5, 5.41) is 0. The van der Waals surface area contributed by atoms with Gasteiger partial charge in [-0.2, -0.15) is 8.18 Å². The van der Waals surface area contributed by atoms with Crippen molar-refractivity contribution in [3.63, 3.8) is 0 Å². The number of ether oxygens (including phenoxy) is 2. The van der Waals surface area contributed by atoms with E-state index < -0.39 is 5.60 Å². The fraction of sp³-hybridized carbons (Fsp3) is 0.136. The number of fused-ring (bicyclic) bond motifs is 6. The zero-order valence-electron chi connectivity index (χ0n) is 16.5. The first kappa shape index (κ1) is 20.3. The molecule has 3 aromatic rings. The Balaban J connectivity index is 1.79. The van der Waals surface area contributed by atoms with Crippen LogP contribution in [0.2, 0.25) is 0 Å². The Labute approximate surface area is 195 Å². The van der Waals surface area contributed by atoms with Crippen molar-refractivity contribution in [2.75, 3.05) is 22.4 Å². The van der Waals surface area contributed by atoms with Gasteiger partial charge in [0.15, 0.2) is 5.60 Å². The maximum Gasteiger partial charge on any atom is 0.340 e. The second kappa shape index (κ2) is 7.52. The molecule has 0 fully saturated rings. The molecule has 2 aliphatic rings. The van der Waals surface area contributed by atoms with Crippen LogP contribution in [-0.4, -0.2) is 20.2 Å². The number of benzene rings is 3. The van der Waals surface area contributed by atoms with Gasteiger partial charge in [0.1, 0.15) is 11.5 Å². The second-order valence-electron chi connectivity index (χ2n) is 6.93. The van der Waals surface area contributed by atoms with Gasteiger partial charge < -0.3 is 9.47 Å². The van der Waals surface area contributed by atoms with Crippen molar-refractivity contribution in [2.24, 2.45) is 0 Å². The van der Waals surface area contributed by atoms with Crippen LogP contribution in [0.15, 0.2) is 60.7 Å². The summed E-state index contributed by atoms with van der Waals surface area (Å²) in [6.07, 6.45) is 0. The monoisotopic (exact) mass is 546 g/mol. The van der Waals surface area contributed by atoms with E-state index in [4.69, 9.17) is 19.1 Å². The quantitative estimate of drug-likeness (QED) is 0.239. The lowest BCUT2D eigenvalue weighted by atomic mass is 9.77. The average molecular weight is 548 g/mol. The van der Waals surface area contributed by atoms with E-state index in [1.54, 1.807) is 20.3 Å². The average Bonchev–Trinajstić information content (AvgIpc) is 3.10. The van der Waals surface area contributed by atoms with Gasteiger partial charge in [-0.25, -0.2) is 4.79 Å². The summed E-state index contributed by atoms with van der Waals surface area (Å²) >= 11 is 6.67. The molecule has 0 saturated carbocycles. The minimum absolute atomic E-state index is 0.374. The number of carbonyl (C=O) groups is 1. The molecular weight excluding hydrogens is 532 g/mol. The third-order valence-electron chi connectivity index (χ3n) is 5.41. The van der Waals surface area contributed by atoms with Gasteiger partial charge in [0.05, 0.1) is 63.5 Å². The van der Waals surface area contributed by atoms with Gasteiger partial charge in [-0.1, -0.05) is 18.2 Å². The summed E-state index contributed by atoms with van der Waals surface area (Å²) < 4.78 is 15.3. The molecule has 0 radical (unpaired) electrons. The van der Waals surface area contributed by atoms with Crippen LogP contribution in [0.5, 0.6) is 11.5 Å². The molecule has 0 saturated heterocycles. The number of nitrogens with zero attached hydrogens (tertiary/aromatic N) is 2. The van der Waals surface area contributed by atoms with Gasteiger partial charge in [-0.15, -0.1) is 0 Å². The van der Waals surface area contributed by atoms with Crippen molar-refractivity contribution >= 4 is 49.6 Å². The molecule has 1 spiro atoms. The van der Waals surface area contributed by atoms with Gasteiger partial charge in [-0.3, -0.25) is 9.68 Å². The normalized spacial score (nSPS) is 14.9. The van der Waals surface area contributed by atoms with Gasteiger partial charge in [-0.05, 0) is 30.3 Å². The Kier molecular flexibility index (Phi) is 4.93. The molecule has 0 atom stereocenters. The first-order valence-electron chi connectivity index (χ1n) is 9.29. The predicted octanol–water partition coefficient (Wildman–Crippen LogP) is 5.61. The summed E-state index contributed by atoms with van der Waals surface area (Å²) in [7, 11) is 3.09. The molecule has 0 bridgehead atoms. The van der Waals surface area contributed by atoms with Crippen LogP contribution in [0.3, 0.4) is 0 Å². The van der Waals surface area contributed by atoms with E-state index in [1.807, 2.05) is 54.6 Å². The molecule has 31 heavy (non-hydrogen) atoms. The third-order valence-corrected chi connectivity index (χ3v) is 6.81. The van der Waals surface area contributed by atoms with Gasteiger partial charge in [0, 0.05) is 28.8 Å². The van der Waals surface area contributed by atoms with E-state index in [1.165, 1.54) is 8.18 Å². The molecule has 0 aromatic heterocycles. The SMILES string of the molecule is CON(Br)c1ccc2c(c1)Oc1cc(N(Br)OC)ccc1C21OC(=O)c2ccccc21. The summed E-state index contributed by atoms with van der Waals surface area (Å²) in [4.78, 5) is 23.3. The highest BCUT2D eigenvalue weighted by Crippen LogP contribution is 2.57. The maximum atomic E-state index is 12.9. The minimum Gasteiger partial charge on any atom is -0.456 e. The number of halogens is 2. The lowest BCUT2D eigenvalue weighted by Crippen LogP contribution is -2.33.